The van der Waals surface area contributed by atoms with Crippen LogP contribution in [0.25, 0.3) is 0 Å². The molecular formula is C14H17FN2O. The lowest BCUT2D eigenvalue weighted by atomic mass is 10.0. The molecular weight excluding hydrogens is 231 g/mol. The third kappa shape index (κ3) is 2.80. The van der Waals surface area contributed by atoms with Gasteiger partial charge in [0, 0.05) is 29.5 Å². The summed E-state index contributed by atoms with van der Waals surface area (Å²) < 4.78 is 18.9. The summed E-state index contributed by atoms with van der Waals surface area (Å²) in [5.41, 5.74) is 6.60. The van der Waals surface area contributed by atoms with Crippen LogP contribution in [0.1, 0.15) is 37.8 Å². The van der Waals surface area contributed by atoms with Crippen LogP contribution in [-0.2, 0) is 0 Å². The minimum absolute atomic E-state index is 0.0177. The Morgan fingerprint density at radius 1 is 1.56 bits per heavy atom. The van der Waals surface area contributed by atoms with Crippen LogP contribution in [0.5, 0.6) is 5.75 Å². The van der Waals surface area contributed by atoms with E-state index in [1.54, 1.807) is 6.07 Å². The Bertz CT molecular complexity index is 475. The van der Waals surface area contributed by atoms with Crippen molar-refractivity contribution in [3.63, 3.8) is 0 Å². The van der Waals surface area contributed by atoms with Crippen LogP contribution in [0, 0.1) is 22.6 Å². The van der Waals surface area contributed by atoms with E-state index in [0.29, 0.717) is 18.8 Å². The van der Waals surface area contributed by atoms with Gasteiger partial charge in [-0.1, -0.05) is 6.07 Å². The Morgan fingerprint density at radius 2 is 2.28 bits per heavy atom. The molecule has 1 fully saturated rings. The minimum Gasteiger partial charge on any atom is -0.493 e. The Hall–Kier alpha value is -1.60. The Morgan fingerprint density at radius 3 is 2.83 bits per heavy atom. The standard InChI is InChI=1S/C14H17FN2O/c1-10(17)12-3-2-11(15)8-13(12)18-9-14(4-5-14)6-7-16/h2-3,8,10H,4-6,9,17H2,1H3/t10-/m1/s1. The average Bonchev–Trinajstić information content (AvgIpc) is 3.07. The molecule has 0 aromatic heterocycles. The minimum atomic E-state index is -0.334. The predicted molar refractivity (Wildman–Crippen MR) is 66.4 cm³/mol. The predicted octanol–water partition coefficient (Wildman–Crippen LogP) is 2.92. The van der Waals surface area contributed by atoms with E-state index < -0.39 is 0 Å². The zero-order valence-electron chi connectivity index (χ0n) is 10.4. The summed E-state index contributed by atoms with van der Waals surface area (Å²) in [7, 11) is 0. The molecule has 1 aromatic carbocycles. The van der Waals surface area contributed by atoms with E-state index in [1.165, 1.54) is 12.1 Å². The van der Waals surface area contributed by atoms with Gasteiger partial charge in [-0.25, -0.2) is 4.39 Å². The summed E-state index contributed by atoms with van der Waals surface area (Å²) in [5, 5.41) is 8.74. The maximum absolute atomic E-state index is 13.2. The summed E-state index contributed by atoms with van der Waals surface area (Å²) in [6, 6.07) is 6.37. The number of nitrogens with zero attached hydrogens (tertiary/aromatic N) is 1. The highest BCUT2D eigenvalue weighted by molar-refractivity contribution is 5.36. The zero-order chi connectivity index (χ0) is 13.2. The van der Waals surface area contributed by atoms with Crippen molar-refractivity contribution in [2.75, 3.05) is 6.61 Å². The quantitative estimate of drug-likeness (QED) is 0.871. The lowest BCUT2D eigenvalue weighted by Gasteiger charge is -2.17. The number of rotatable bonds is 5. The zero-order valence-corrected chi connectivity index (χ0v) is 10.4. The van der Waals surface area contributed by atoms with Crippen LogP contribution in [0.4, 0.5) is 4.39 Å². The van der Waals surface area contributed by atoms with Crippen LogP contribution in [0.15, 0.2) is 18.2 Å². The highest BCUT2D eigenvalue weighted by Crippen LogP contribution is 2.48. The van der Waals surface area contributed by atoms with Crippen LogP contribution >= 0.6 is 0 Å². The smallest absolute Gasteiger partial charge is 0.126 e. The lowest BCUT2D eigenvalue weighted by molar-refractivity contribution is 0.233. The molecule has 1 atom stereocenters. The average molecular weight is 248 g/mol. The van der Waals surface area contributed by atoms with Gasteiger partial charge >= 0.3 is 0 Å². The first kappa shape index (κ1) is 12.8. The van der Waals surface area contributed by atoms with Crippen LogP contribution in [0.2, 0.25) is 0 Å². The van der Waals surface area contributed by atoms with Gasteiger partial charge < -0.3 is 10.5 Å². The van der Waals surface area contributed by atoms with Crippen LogP contribution in [0.3, 0.4) is 0 Å². The van der Waals surface area contributed by atoms with Gasteiger partial charge in [0.1, 0.15) is 11.6 Å². The summed E-state index contributed by atoms with van der Waals surface area (Å²) >= 11 is 0. The molecule has 0 unspecified atom stereocenters. The van der Waals surface area contributed by atoms with Crippen molar-refractivity contribution in [2.45, 2.75) is 32.2 Å². The van der Waals surface area contributed by atoms with Gasteiger partial charge in [-0.2, -0.15) is 5.26 Å². The Labute approximate surface area is 106 Å². The molecule has 1 saturated carbocycles. The van der Waals surface area contributed by atoms with Gasteiger partial charge in [-0.3, -0.25) is 0 Å². The first-order valence-electron chi connectivity index (χ1n) is 6.11. The Kier molecular flexibility index (Phi) is 3.53. The maximum Gasteiger partial charge on any atom is 0.126 e. The number of ether oxygens (including phenoxy) is 1. The molecule has 1 aliphatic rings. The summed E-state index contributed by atoms with van der Waals surface area (Å²) in [5.74, 6) is 0.161. The first-order valence-corrected chi connectivity index (χ1v) is 6.11. The first-order chi connectivity index (χ1) is 8.56. The number of benzene rings is 1. The summed E-state index contributed by atoms with van der Waals surface area (Å²) in [6.07, 6.45) is 2.50. The molecule has 0 amide bonds. The molecule has 0 saturated heterocycles. The van der Waals surface area contributed by atoms with Crippen molar-refractivity contribution in [2.24, 2.45) is 11.1 Å². The number of halogens is 1. The van der Waals surface area contributed by atoms with Crippen LogP contribution < -0.4 is 10.5 Å². The van der Waals surface area contributed by atoms with E-state index in [4.69, 9.17) is 15.7 Å². The van der Waals surface area contributed by atoms with Gasteiger partial charge in [-0.15, -0.1) is 0 Å². The fraction of sp³-hybridized carbons (Fsp3) is 0.500. The van der Waals surface area contributed by atoms with E-state index in [2.05, 4.69) is 6.07 Å². The van der Waals surface area contributed by atoms with Gasteiger partial charge in [0.15, 0.2) is 0 Å². The molecule has 18 heavy (non-hydrogen) atoms. The monoisotopic (exact) mass is 248 g/mol. The lowest BCUT2D eigenvalue weighted by Crippen LogP contribution is -2.15. The summed E-state index contributed by atoms with van der Waals surface area (Å²) in [6.45, 7) is 2.30. The van der Waals surface area contributed by atoms with Crippen molar-refractivity contribution < 1.29 is 9.13 Å². The van der Waals surface area contributed by atoms with Gasteiger partial charge in [-0.05, 0) is 25.8 Å². The topological polar surface area (TPSA) is 59.0 Å². The van der Waals surface area contributed by atoms with E-state index in [9.17, 15) is 4.39 Å². The molecule has 1 aliphatic carbocycles. The van der Waals surface area contributed by atoms with Crippen molar-refractivity contribution in [1.29, 1.82) is 5.26 Å². The Balaban J connectivity index is 2.09. The SMILES string of the molecule is C[C@@H](N)c1ccc(F)cc1OCC1(CC#N)CC1. The van der Waals surface area contributed by atoms with E-state index in [-0.39, 0.29) is 17.3 Å². The molecule has 0 aliphatic heterocycles. The number of nitriles is 1. The second-order valence-electron chi connectivity index (χ2n) is 5.09. The molecule has 2 N–H and O–H groups in total. The van der Waals surface area contributed by atoms with Crippen molar-refractivity contribution in [3.05, 3.63) is 29.6 Å². The fourth-order valence-electron chi connectivity index (χ4n) is 1.96. The van der Waals surface area contributed by atoms with Crippen molar-refractivity contribution in [1.82, 2.24) is 0 Å². The van der Waals surface area contributed by atoms with Gasteiger partial charge in [0.25, 0.3) is 0 Å². The third-order valence-corrected chi connectivity index (χ3v) is 3.41. The van der Waals surface area contributed by atoms with Crippen LogP contribution in [-0.4, -0.2) is 6.61 Å². The normalized spacial score (nSPS) is 17.9. The molecule has 3 nitrogen and oxygen atoms in total. The van der Waals surface area contributed by atoms with E-state index in [0.717, 1.165) is 18.4 Å². The third-order valence-electron chi connectivity index (χ3n) is 3.41. The highest BCUT2D eigenvalue weighted by atomic mass is 19.1. The molecule has 2 rings (SSSR count). The molecule has 0 spiro atoms. The summed E-state index contributed by atoms with van der Waals surface area (Å²) in [4.78, 5) is 0. The second-order valence-corrected chi connectivity index (χ2v) is 5.09. The molecule has 0 radical (unpaired) electrons. The van der Waals surface area contributed by atoms with Gasteiger partial charge in [0.2, 0.25) is 0 Å². The maximum atomic E-state index is 13.2. The highest BCUT2D eigenvalue weighted by Gasteiger charge is 2.43. The molecule has 96 valence electrons. The molecule has 1 aromatic rings. The second kappa shape index (κ2) is 4.95. The number of hydrogen-bond acceptors (Lipinski definition) is 3. The van der Waals surface area contributed by atoms with Crippen molar-refractivity contribution in [3.8, 4) is 11.8 Å². The molecule has 0 bridgehead atoms. The van der Waals surface area contributed by atoms with Gasteiger partial charge in [0.05, 0.1) is 12.7 Å². The number of nitrogens with two attached hydrogens (primary N) is 1. The van der Waals surface area contributed by atoms with E-state index >= 15 is 0 Å². The molecule has 4 heteroatoms. The van der Waals surface area contributed by atoms with Crippen molar-refractivity contribution >= 4 is 0 Å². The number of hydrogen-bond donors (Lipinski definition) is 1. The molecule has 0 heterocycles. The largest absolute Gasteiger partial charge is 0.493 e. The fourth-order valence-corrected chi connectivity index (χ4v) is 1.96. The van der Waals surface area contributed by atoms with E-state index in [1.807, 2.05) is 6.92 Å².